The van der Waals surface area contributed by atoms with Crippen LogP contribution in [0.4, 0.5) is 5.13 Å². The summed E-state index contributed by atoms with van der Waals surface area (Å²) in [6, 6.07) is 0.388. The Morgan fingerprint density at radius 3 is 2.78 bits per heavy atom. The largest absolute Gasteiger partial charge is 0.464 e. The number of unbranched alkanes of at least 4 members (excludes halogenated alkanes) is 2. The summed E-state index contributed by atoms with van der Waals surface area (Å²) in [6.45, 7) is 7.47. The van der Waals surface area contributed by atoms with E-state index in [-0.39, 0.29) is 5.97 Å². The molecular weight excluding hydrogens is 248 g/mol. The van der Waals surface area contributed by atoms with Crippen molar-refractivity contribution in [3.8, 4) is 0 Å². The van der Waals surface area contributed by atoms with Crippen LogP contribution in [0, 0.1) is 0 Å². The molecule has 0 saturated carbocycles. The number of aromatic nitrogens is 1. The molecule has 0 aliphatic rings. The Kier molecular flexibility index (Phi) is 6.12. The van der Waals surface area contributed by atoms with Gasteiger partial charge in [-0.05, 0) is 20.3 Å². The van der Waals surface area contributed by atoms with Crippen molar-refractivity contribution in [3.05, 3.63) is 11.1 Å². The van der Waals surface area contributed by atoms with Gasteiger partial charge in [0.2, 0.25) is 0 Å². The molecule has 4 nitrogen and oxygen atoms in total. The van der Waals surface area contributed by atoms with E-state index in [0.29, 0.717) is 11.7 Å². The first-order chi connectivity index (χ1) is 8.60. The van der Waals surface area contributed by atoms with Gasteiger partial charge in [-0.3, -0.25) is 0 Å². The molecule has 1 rings (SSSR count). The molecule has 0 spiro atoms. The van der Waals surface area contributed by atoms with Crippen molar-refractivity contribution in [3.63, 3.8) is 0 Å². The van der Waals surface area contributed by atoms with E-state index >= 15 is 0 Å². The van der Waals surface area contributed by atoms with Crippen molar-refractivity contribution >= 4 is 22.4 Å². The van der Waals surface area contributed by atoms with Crippen LogP contribution in [-0.4, -0.2) is 30.6 Å². The third-order valence-corrected chi connectivity index (χ3v) is 3.64. The van der Waals surface area contributed by atoms with Crippen molar-refractivity contribution in [2.45, 2.75) is 46.1 Å². The van der Waals surface area contributed by atoms with Gasteiger partial charge < -0.3 is 9.64 Å². The Morgan fingerprint density at radius 1 is 1.50 bits per heavy atom. The Bertz CT molecular complexity index is 377. The van der Waals surface area contributed by atoms with Crippen LogP contribution in [0.25, 0.3) is 0 Å². The van der Waals surface area contributed by atoms with Crippen molar-refractivity contribution < 1.29 is 9.53 Å². The lowest BCUT2D eigenvalue weighted by Crippen LogP contribution is -2.31. The molecule has 0 amide bonds. The summed E-state index contributed by atoms with van der Waals surface area (Å²) in [5.41, 5.74) is 0.402. The number of carbonyl (C=O) groups is 1. The maximum absolute atomic E-state index is 11.4. The summed E-state index contributed by atoms with van der Waals surface area (Å²) >= 11 is 1.50. The van der Waals surface area contributed by atoms with Gasteiger partial charge in [0.15, 0.2) is 10.8 Å². The zero-order valence-corrected chi connectivity index (χ0v) is 12.4. The number of hydrogen-bond donors (Lipinski definition) is 0. The molecular formula is C13H22N2O2S. The predicted octanol–water partition coefficient (Wildman–Crippen LogP) is 3.33. The molecule has 0 N–H and O–H groups in total. The second kappa shape index (κ2) is 7.36. The minimum absolute atomic E-state index is 0.366. The van der Waals surface area contributed by atoms with Crippen LogP contribution >= 0.6 is 11.3 Å². The minimum Gasteiger partial charge on any atom is -0.464 e. The van der Waals surface area contributed by atoms with E-state index in [2.05, 4.69) is 35.4 Å². The first kappa shape index (κ1) is 15.0. The Labute approximate surface area is 113 Å². The highest BCUT2D eigenvalue weighted by atomic mass is 32.1. The molecule has 1 aromatic heterocycles. The lowest BCUT2D eigenvalue weighted by atomic mass is 10.2. The Morgan fingerprint density at radius 2 is 2.22 bits per heavy atom. The number of carbonyl (C=O) groups excluding carboxylic acids is 1. The number of thiazole rings is 1. The highest BCUT2D eigenvalue weighted by molar-refractivity contribution is 7.13. The number of hydrogen-bond acceptors (Lipinski definition) is 5. The zero-order chi connectivity index (χ0) is 13.5. The van der Waals surface area contributed by atoms with Crippen molar-refractivity contribution in [1.29, 1.82) is 0 Å². The number of esters is 1. The Hall–Kier alpha value is -1.10. The zero-order valence-electron chi connectivity index (χ0n) is 11.6. The first-order valence-corrected chi connectivity index (χ1v) is 7.28. The number of methoxy groups -OCH3 is 1. The molecule has 0 radical (unpaired) electrons. The highest BCUT2D eigenvalue weighted by Crippen LogP contribution is 2.23. The third kappa shape index (κ3) is 3.98. The van der Waals surface area contributed by atoms with E-state index in [1.165, 1.54) is 31.3 Å². The molecule has 0 aliphatic heterocycles. The summed E-state index contributed by atoms with van der Waals surface area (Å²) in [4.78, 5) is 18.0. The second-order valence-corrected chi connectivity index (χ2v) is 5.34. The summed E-state index contributed by atoms with van der Waals surface area (Å²) in [5.74, 6) is -0.366. The summed E-state index contributed by atoms with van der Waals surface area (Å²) in [7, 11) is 1.38. The molecule has 0 aliphatic carbocycles. The molecule has 0 atom stereocenters. The van der Waals surface area contributed by atoms with E-state index in [4.69, 9.17) is 0 Å². The molecule has 1 aromatic rings. The van der Waals surface area contributed by atoms with Gasteiger partial charge in [-0.15, -0.1) is 11.3 Å². The average molecular weight is 270 g/mol. The van der Waals surface area contributed by atoms with Crippen molar-refractivity contribution in [2.75, 3.05) is 18.6 Å². The summed E-state index contributed by atoms with van der Waals surface area (Å²) in [6.07, 6.45) is 3.58. The molecule has 1 heterocycles. The normalized spacial score (nSPS) is 10.7. The summed E-state index contributed by atoms with van der Waals surface area (Å²) in [5, 5.41) is 2.66. The van der Waals surface area contributed by atoms with Crippen molar-refractivity contribution in [1.82, 2.24) is 4.98 Å². The van der Waals surface area contributed by atoms with Gasteiger partial charge in [0.05, 0.1) is 7.11 Å². The Balaban J connectivity index is 2.73. The smallest absolute Gasteiger partial charge is 0.357 e. The van der Waals surface area contributed by atoms with Gasteiger partial charge in [-0.1, -0.05) is 19.8 Å². The van der Waals surface area contributed by atoms with Gasteiger partial charge in [-0.2, -0.15) is 0 Å². The van der Waals surface area contributed by atoms with Gasteiger partial charge in [0.25, 0.3) is 0 Å². The van der Waals surface area contributed by atoms with E-state index in [1.807, 2.05) is 0 Å². The van der Waals surface area contributed by atoms with Gasteiger partial charge in [0, 0.05) is 18.0 Å². The molecule has 0 bridgehead atoms. The van der Waals surface area contributed by atoms with Gasteiger partial charge in [0.1, 0.15) is 0 Å². The topological polar surface area (TPSA) is 42.4 Å². The molecule has 5 heteroatoms. The van der Waals surface area contributed by atoms with E-state index < -0.39 is 0 Å². The fourth-order valence-corrected chi connectivity index (χ4v) is 2.66. The predicted molar refractivity (Wildman–Crippen MR) is 75.5 cm³/mol. The van der Waals surface area contributed by atoms with E-state index in [9.17, 15) is 4.79 Å². The molecule has 102 valence electrons. The quantitative estimate of drug-likeness (QED) is 0.563. The van der Waals surface area contributed by atoms with Crippen LogP contribution < -0.4 is 4.90 Å². The third-order valence-electron chi connectivity index (χ3n) is 2.76. The molecule has 0 fully saturated rings. The second-order valence-electron chi connectivity index (χ2n) is 4.50. The maximum atomic E-state index is 11.4. The maximum Gasteiger partial charge on any atom is 0.357 e. The molecule has 0 unspecified atom stereocenters. The van der Waals surface area contributed by atoms with E-state index in [0.717, 1.165) is 18.1 Å². The monoisotopic (exact) mass is 270 g/mol. The fourth-order valence-electron chi connectivity index (χ4n) is 1.70. The first-order valence-electron chi connectivity index (χ1n) is 6.40. The minimum atomic E-state index is -0.366. The molecule has 0 saturated heterocycles. The van der Waals surface area contributed by atoms with Crippen LogP contribution in [-0.2, 0) is 4.74 Å². The fraction of sp³-hybridized carbons (Fsp3) is 0.692. The number of anilines is 1. The molecule has 0 aromatic carbocycles. The lowest BCUT2D eigenvalue weighted by molar-refractivity contribution is 0.0595. The van der Waals surface area contributed by atoms with Crippen molar-refractivity contribution in [2.24, 2.45) is 0 Å². The number of nitrogens with zero attached hydrogens (tertiary/aromatic N) is 2. The SMILES string of the molecule is CCCCCN(c1nc(C(=O)OC)cs1)C(C)C. The van der Waals surface area contributed by atoms with Crippen LogP contribution in [0.15, 0.2) is 5.38 Å². The summed E-state index contributed by atoms with van der Waals surface area (Å²) < 4.78 is 4.68. The van der Waals surface area contributed by atoms with Crippen LogP contribution in [0.1, 0.15) is 50.5 Å². The van der Waals surface area contributed by atoms with Crippen LogP contribution in [0.5, 0.6) is 0 Å². The van der Waals surface area contributed by atoms with Gasteiger partial charge >= 0.3 is 5.97 Å². The van der Waals surface area contributed by atoms with Crippen LogP contribution in [0.3, 0.4) is 0 Å². The standard InChI is InChI=1S/C13H22N2O2S/c1-5-6-7-8-15(10(2)3)13-14-11(9-18-13)12(16)17-4/h9-10H,5-8H2,1-4H3. The average Bonchev–Trinajstić information content (AvgIpc) is 2.82. The van der Waals surface area contributed by atoms with Crippen LogP contribution in [0.2, 0.25) is 0 Å². The molecule has 18 heavy (non-hydrogen) atoms. The number of rotatable bonds is 7. The lowest BCUT2D eigenvalue weighted by Gasteiger charge is -2.26. The van der Waals surface area contributed by atoms with E-state index in [1.54, 1.807) is 5.38 Å². The van der Waals surface area contributed by atoms with Gasteiger partial charge in [-0.25, -0.2) is 9.78 Å². The number of ether oxygens (including phenoxy) is 1. The highest BCUT2D eigenvalue weighted by Gasteiger charge is 2.17.